The van der Waals surface area contributed by atoms with E-state index < -0.39 is 24.3 Å². The summed E-state index contributed by atoms with van der Waals surface area (Å²) in [6, 6.07) is 7.12. The highest BCUT2D eigenvalue weighted by atomic mass is 32.1. The first kappa shape index (κ1) is 40.6. The zero-order valence-electron chi connectivity index (χ0n) is 34.8. The lowest BCUT2D eigenvalue weighted by atomic mass is 9.64. The molecule has 2 saturated heterocycles. The van der Waals surface area contributed by atoms with E-state index in [2.05, 4.69) is 44.9 Å². The van der Waals surface area contributed by atoms with Gasteiger partial charge in [0.05, 0.1) is 55.0 Å². The third-order valence-corrected chi connectivity index (χ3v) is 14.1. The van der Waals surface area contributed by atoms with E-state index >= 15 is 0 Å². The minimum Gasteiger partial charge on any atom is -0.453 e. The lowest BCUT2D eigenvalue weighted by Crippen LogP contribution is -2.51. The molecule has 3 aliphatic carbocycles. The maximum atomic E-state index is 13.8. The molecule has 0 spiro atoms. The molecular formula is C44H56N8O6S. The van der Waals surface area contributed by atoms with Crippen molar-refractivity contribution < 1.29 is 28.7 Å². The van der Waals surface area contributed by atoms with Crippen LogP contribution in [0.5, 0.6) is 0 Å². The number of aromatic amines is 2. The number of methoxy groups -OCH3 is 2. The molecule has 9 rings (SSSR count). The molecule has 5 aliphatic rings. The number of H-pyrrole nitrogens is 2. The number of benzene rings is 1. The van der Waals surface area contributed by atoms with Crippen molar-refractivity contribution >= 4 is 35.3 Å². The molecule has 0 unspecified atom stereocenters. The summed E-state index contributed by atoms with van der Waals surface area (Å²) >= 11 is 1.75. The van der Waals surface area contributed by atoms with Crippen molar-refractivity contribution in [3.8, 4) is 32.3 Å². The fourth-order valence-corrected chi connectivity index (χ4v) is 10.9. The zero-order chi connectivity index (χ0) is 41.5. The number of nitrogens with one attached hydrogen (secondary N) is 4. The molecule has 1 aromatic carbocycles. The van der Waals surface area contributed by atoms with Gasteiger partial charge in [0, 0.05) is 23.5 Å². The van der Waals surface area contributed by atoms with Gasteiger partial charge in [-0.15, -0.1) is 11.3 Å². The van der Waals surface area contributed by atoms with Gasteiger partial charge in [-0.25, -0.2) is 19.6 Å². The Labute approximate surface area is 349 Å². The van der Waals surface area contributed by atoms with E-state index in [1.54, 1.807) is 11.3 Å². The number of rotatable bonds is 11. The Hall–Kier alpha value is -5.18. The minimum absolute atomic E-state index is 0.103. The summed E-state index contributed by atoms with van der Waals surface area (Å²) in [5, 5.41) is 5.47. The second-order valence-corrected chi connectivity index (χ2v) is 18.2. The molecule has 2 bridgehead atoms. The number of hydrogen-bond donors (Lipinski definition) is 4. The number of alkyl carbamates (subject to hydrolysis) is 2. The molecule has 15 heteroatoms. The van der Waals surface area contributed by atoms with Gasteiger partial charge in [-0.1, -0.05) is 39.8 Å². The highest BCUT2D eigenvalue weighted by molar-refractivity contribution is 7.18. The van der Waals surface area contributed by atoms with Gasteiger partial charge < -0.3 is 39.9 Å². The van der Waals surface area contributed by atoms with Crippen LogP contribution in [0.15, 0.2) is 36.7 Å². The van der Waals surface area contributed by atoms with E-state index in [9.17, 15) is 19.2 Å². The Kier molecular flexibility index (Phi) is 11.6. The summed E-state index contributed by atoms with van der Waals surface area (Å²) in [7, 11) is 2.61. The second-order valence-electron chi connectivity index (χ2n) is 17.2. The first-order chi connectivity index (χ1) is 28.5. The van der Waals surface area contributed by atoms with Crippen molar-refractivity contribution in [1.82, 2.24) is 40.4 Å². The highest BCUT2D eigenvalue weighted by Gasteiger charge is 2.41. The number of likely N-dealkylation sites (tertiary alicyclic amines) is 2. The quantitative estimate of drug-likeness (QED) is 0.118. The number of amides is 4. The summed E-state index contributed by atoms with van der Waals surface area (Å²) < 4.78 is 9.61. The molecule has 1 saturated carbocycles. The van der Waals surface area contributed by atoms with E-state index in [1.807, 2.05) is 49.9 Å². The van der Waals surface area contributed by atoms with Crippen molar-refractivity contribution in [2.75, 3.05) is 27.3 Å². The number of thiophene rings is 1. The molecule has 3 aromatic heterocycles. The Bertz CT molecular complexity index is 2200. The molecule has 4 amide bonds. The highest BCUT2D eigenvalue weighted by Crippen LogP contribution is 2.56. The average Bonchev–Trinajstić information content (AvgIpc) is 4.10. The van der Waals surface area contributed by atoms with E-state index in [0.29, 0.717) is 24.9 Å². The van der Waals surface area contributed by atoms with E-state index in [-0.39, 0.29) is 35.7 Å². The molecular weight excluding hydrogens is 769 g/mol. The largest absolute Gasteiger partial charge is 0.453 e. The van der Waals surface area contributed by atoms with E-state index in [1.165, 1.54) is 67.0 Å². The van der Waals surface area contributed by atoms with Gasteiger partial charge in [-0.3, -0.25) is 9.59 Å². The summed E-state index contributed by atoms with van der Waals surface area (Å²) in [6.07, 6.45) is 10.6. The predicted octanol–water partition coefficient (Wildman–Crippen LogP) is 8.04. The molecule has 2 aliphatic heterocycles. The van der Waals surface area contributed by atoms with Crippen molar-refractivity contribution in [3.05, 3.63) is 59.4 Å². The normalized spacial score (nSPS) is 22.1. The average molecular weight is 825 g/mol. The lowest BCUT2D eigenvalue weighted by Gasteiger charge is -2.40. The number of fused-ring (bicyclic) bond motifs is 2. The van der Waals surface area contributed by atoms with Crippen LogP contribution in [0.3, 0.4) is 0 Å². The lowest BCUT2D eigenvalue weighted by molar-refractivity contribution is -0.136. The minimum atomic E-state index is -0.686. The zero-order valence-corrected chi connectivity index (χ0v) is 35.6. The van der Waals surface area contributed by atoms with Gasteiger partial charge in [0.25, 0.3) is 0 Å². The third-order valence-electron chi connectivity index (χ3n) is 12.9. The number of carbonyl (C=O) groups excluding carboxylic acids is 4. The van der Waals surface area contributed by atoms with Crippen LogP contribution >= 0.6 is 11.3 Å². The molecule has 14 nitrogen and oxygen atoms in total. The summed E-state index contributed by atoms with van der Waals surface area (Å²) in [4.78, 5) is 74.5. The maximum Gasteiger partial charge on any atom is 0.407 e. The van der Waals surface area contributed by atoms with Crippen LogP contribution in [-0.2, 0) is 19.1 Å². The molecule has 4 atom stereocenters. The molecule has 314 valence electrons. The van der Waals surface area contributed by atoms with Gasteiger partial charge in [0.2, 0.25) is 11.8 Å². The fraction of sp³-hybridized carbons (Fsp3) is 0.545. The fourth-order valence-electron chi connectivity index (χ4n) is 9.92. The number of carbonyl (C=O) groups is 4. The van der Waals surface area contributed by atoms with Crippen molar-refractivity contribution in [2.45, 2.75) is 115 Å². The second kappa shape index (κ2) is 16.8. The summed E-state index contributed by atoms with van der Waals surface area (Å²) in [5.41, 5.74) is 7.23. The number of ether oxygens (including phenoxy) is 2. The van der Waals surface area contributed by atoms with Crippen LogP contribution in [0.4, 0.5) is 9.59 Å². The van der Waals surface area contributed by atoms with Gasteiger partial charge >= 0.3 is 12.2 Å². The van der Waals surface area contributed by atoms with Crippen LogP contribution in [0.2, 0.25) is 0 Å². The Morgan fingerprint density at radius 1 is 0.661 bits per heavy atom. The summed E-state index contributed by atoms with van der Waals surface area (Å²) in [5.74, 6) is 2.04. The van der Waals surface area contributed by atoms with Crippen molar-refractivity contribution in [3.63, 3.8) is 0 Å². The number of imidazole rings is 2. The van der Waals surface area contributed by atoms with Crippen LogP contribution in [0, 0.1) is 11.8 Å². The standard InChI is InChI=1S/C44H56N8O6S/c1-23(2)37(49-43(55)57-5)41(53)51-19-7-9-31(51)39-45-21-29(47-39)27-15-16-28(36-26-13-11-25(12-14-26)35(27)36)33-17-18-34(59-33)30-22-46-40(48-30)32-10-8-20-52(32)42(54)38(24(3)4)50-44(56)58-6/h15-18,21-26,31-32,37-38H,7-14,19-20H2,1-6H3,(H,45,47)(H,46,48)(H,49,55)(H,50,56)/t25?,26?,31-,32-,37-,38-/m0/s1. The molecule has 4 aromatic rings. The van der Waals surface area contributed by atoms with Gasteiger partial charge in [-0.2, -0.15) is 0 Å². The molecule has 5 heterocycles. The molecule has 0 radical (unpaired) electrons. The van der Waals surface area contributed by atoms with Crippen LogP contribution in [-0.4, -0.2) is 93.1 Å². The van der Waals surface area contributed by atoms with Crippen LogP contribution in [0.1, 0.15) is 126 Å². The number of aromatic nitrogens is 4. The van der Waals surface area contributed by atoms with Crippen LogP contribution < -0.4 is 10.6 Å². The van der Waals surface area contributed by atoms with Crippen molar-refractivity contribution in [2.24, 2.45) is 11.8 Å². The maximum absolute atomic E-state index is 13.8. The first-order valence-corrected chi connectivity index (χ1v) is 22.0. The van der Waals surface area contributed by atoms with E-state index in [4.69, 9.17) is 19.4 Å². The van der Waals surface area contributed by atoms with Gasteiger partial charge in [0.1, 0.15) is 23.7 Å². The van der Waals surface area contributed by atoms with Gasteiger partial charge in [-0.05, 0) is 104 Å². The topological polar surface area (TPSA) is 175 Å². The first-order valence-electron chi connectivity index (χ1n) is 21.1. The SMILES string of the molecule is COC(=O)N[C@H](C(=O)N1CCC[C@H]1c1ncc(-c2ccc(-c3ccc(-c4cnc([C@@H]5CCCN5C(=O)[C@@H](NC(=O)OC)C(C)C)[nH]4)c4c3C3CCC4CC3)s2)[nH]1)C(C)C. The molecule has 4 N–H and O–H groups in total. The van der Waals surface area contributed by atoms with E-state index in [0.717, 1.165) is 53.6 Å². The van der Waals surface area contributed by atoms with Crippen LogP contribution in [0.25, 0.3) is 32.3 Å². The smallest absolute Gasteiger partial charge is 0.407 e. The molecule has 3 fully saturated rings. The predicted molar refractivity (Wildman–Crippen MR) is 225 cm³/mol. The number of nitrogens with zero attached hydrogens (tertiary/aromatic N) is 4. The Morgan fingerprint density at radius 2 is 1.12 bits per heavy atom. The third kappa shape index (κ3) is 7.73. The summed E-state index contributed by atoms with van der Waals surface area (Å²) in [6.45, 7) is 8.89. The van der Waals surface area contributed by atoms with Crippen molar-refractivity contribution in [1.29, 1.82) is 0 Å². The monoisotopic (exact) mass is 824 g/mol. The molecule has 59 heavy (non-hydrogen) atoms. The number of hydrogen-bond acceptors (Lipinski definition) is 9. The Morgan fingerprint density at radius 3 is 1.63 bits per heavy atom. The Balaban J connectivity index is 1.04. The van der Waals surface area contributed by atoms with Gasteiger partial charge in [0.15, 0.2) is 0 Å².